The van der Waals surface area contributed by atoms with Gasteiger partial charge in [0.1, 0.15) is 11.9 Å². The summed E-state index contributed by atoms with van der Waals surface area (Å²) in [4.78, 5) is 11.6. The van der Waals surface area contributed by atoms with Crippen molar-refractivity contribution in [1.29, 1.82) is 5.26 Å². The molecule has 0 radical (unpaired) electrons. The fourth-order valence-electron chi connectivity index (χ4n) is 1.03. The second kappa shape index (κ2) is 5.05. The maximum absolute atomic E-state index is 8.92. The molecule has 0 atom stereocenters. The minimum Gasteiger partial charge on any atom is -0.275 e. The van der Waals surface area contributed by atoms with Crippen molar-refractivity contribution in [2.24, 2.45) is 0 Å². The van der Waals surface area contributed by atoms with Crippen molar-refractivity contribution in [3.8, 4) is 6.07 Å². The van der Waals surface area contributed by atoms with Crippen molar-refractivity contribution in [3.05, 3.63) is 11.6 Å². The number of hydrogen-bond donors (Lipinski definition) is 1. The SMILES string of the molecule is CCN(NC(C)(C)C#N)c1ncnc(Cl)n1. The maximum Gasteiger partial charge on any atom is 0.244 e. The van der Waals surface area contributed by atoms with E-state index in [0.717, 1.165) is 0 Å². The third-order valence-corrected chi connectivity index (χ3v) is 1.96. The van der Waals surface area contributed by atoms with Gasteiger partial charge in [0.25, 0.3) is 0 Å². The number of nitrogens with zero attached hydrogens (tertiary/aromatic N) is 5. The lowest BCUT2D eigenvalue weighted by Gasteiger charge is -2.28. The van der Waals surface area contributed by atoms with Gasteiger partial charge in [-0.15, -0.1) is 0 Å². The lowest BCUT2D eigenvalue weighted by molar-refractivity contribution is 0.458. The topological polar surface area (TPSA) is 77.7 Å². The van der Waals surface area contributed by atoms with Crippen molar-refractivity contribution >= 4 is 17.5 Å². The fraction of sp³-hybridized carbons (Fsp3) is 0.556. The molecule has 1 N–H and O–H groups in total. The Kier molecular flexibility index (Phi) is 3.99. The van der Waals surface area contributed by atoms with Crippen molar-refractivity contribution in [2.75, 3.05) is 11.6 Å². The van der Waals surface area contributed by atoms with Crippen LogP contribution in [-0.2, 0) is 0 Å². The molecule has 0 aliphatic rings. The summed E-state index contributed by atoms with van der Waals surface area (Å²) in [6.45, 7) is 6.04. The molecular weight excluding hydrogens is 228 g/mol. The molecule has 0 fully saturated rings. The molecule has 0 spiro atoms. The largest absolute Gasteiger partial charge is 0.275 e. The van der Waals surface area contributed by atoms with E-state index in [1.54, 1.807) is 18.9 Å². The van der Waals surface area contributed by atoms with Crippen LogP contribution in [0.5, 0.6) is 0 Å². The van der Waals surface area contributed by atoms with Gasteiger partial charge in [0.15, 0.2) is 0 Å². The molecule has 1 rings (SSSR count). The van der Waals surface area contributed by atoms with E-state index in [4.69, 9.17) is 16.9 Å². The van der Waals surface area contributed by atoms with Crippen LogP contribution in [0.4, 0.5) is 5.95 Å². The van der Waals surface area contributed by atoms with E-state index in [1.807, 2.05) is 6.92 Å². The summed E-state index contributed by atoms with van der Waals surface area (Å²) in [5.41, 5.74) is 2.30. The van der Waals surface area contributed by atoms with Crippen LogP contribution in [-0.4, -0.2) is 27.0 Å². The van der Waals surface area contributed by atoms with Gasteiger partial charge in [-0.2, -0.15) is 15.2 Å². The Balaban J connectivity index is 2.88. The van der Waals surface area contributed by atoms with E-state index in [0.29, 0.717) is 12.5 Å². The van der Waals surface area contributed by atoms with Gasteiger partial charge in [-0.3, -0.25) is 5.01 Å². The molecule has 1 heterocycles. The molecule has 0 bridgehead atoms. The summed E-state index contributed by atoms with van der Waals surface area (Å²) in [6, 6.07) is 2.13. The van der Waals surface area contributed by atoms with Crippen molar-refractivity contribution in [3.63, 3.8) is 0 Å². The summed E-state index contributed by atoms with van der Waals surface area (Å²) < 4.78 is 0. The molecule has 0 aliphatic heterocycles. The number of hydrazine groups is 1. The quantitative estimate of drug-likeness (QED) is 0.796. The van der Waals surface area contributed by atoms with Crippen LogP contribution < -0.4 is 10.4 Å². The molecule has 0 amide bonds. The lowest BCUT2D eigenvalue weighted by atomic mass is 10.1. The average Bonchev–Trinajstić information content (AvgIpc) is 2.26. The summed E-state index contributed by atoms with van der Waals surface area (Å²) in [5.74, 6) is 0.394. The Labute approximate surface area is 99.3 Å². The molecular formula is C9H13ClN6. The summed E-state index contributed by atoms with van der Waals surface area (Å²) in [5, 5.41) is 10.7. The Hall–Kier alpha value is -1.45. The number of rotatable bonds is 4. The van der Waals surface area contributed by atoms with Crippen LogP contribution in [0.15, 0.2) is 6.33 Å². The summed E-state index contributed by atoms with van der Waals surface area (Å²) in [6.07, 6.45) is 1.33. The zero-order chi connectivity index (χ0) is 12.2. The van der Waals surface area contributed by atoms with Crippen LogP contribution in [0.1, 0.15) is 20.8 Å². The highest BCUT2D eigenvalue weighted by Crippen LogP contribution is 2.09. The molecule has 0 aromatic carbocycles. The molecule has 86 valence electrons. The van der Waals surface area contributed by atoms with Crippen LogP contribution in [0.25, 0.3) is 0 Å². The Morgan fingerprint density at radius 3 is 2.75 bits per heavy atom. The summed E-state index contributed by atoms with van der Waals surface area (Å²) in [7, 11) is 0. The van der Waals surface area contributed by atoms with Crippen LogP contribution in [0.3, 0.4) is 0 Å². The van der Waals surface area contributed by atoms with Gasteiger partial charge in [-0.1, -0.05) is 0 Å². The number of nitriles is 1. The van der Waals surface area contributed by atoms with E-state index in [1.165, 1.54) is 6.33 Å². The molecule has 16 heavy (non-hydrogen) atoms. The Morgan fingerprint density at radius 1 is 1.56 bits per heavy atom. The van der Waals surface area contributed by atoms with Gasteiger partial charge in [0.05, 0.1) is 6.07 Å². The highest BCUT2D eigenvalue weighted by atomic mass is 35.5. The van der Waals surface area contributed by atoms with Gasteiger partial charge >= 0.3 is 0 Å². The lowest BCUT2D eigenvalue weighted by Crippen LogP contribution is -2.51. The number of nitrogens with one attached hydrogen (secondary N) is 1. The molecule has 0 aliphatic carbocycles. The molecule has 1 aromatic rings. The van der Waals surface area contributed by atoms with Gasteiger partial charge in [-0.25, -0.2) is 10.4 Å². The van der Waals surface area contributed by atoms with Crippen molar-refractivity contribution < 1.29 is 0 Å². The highest BCUT2D eigenvalue weighted by Gasteiger charge is 2.21. The number of hydrogen-bond acceptors (Lipinski definition) is 6. The zero-order valence-corrected chi connectivity index (χ0v) is 10.2. The predicted molar refractivity (Wildman–Crippen MR) is 60.7 cm³/mol. The van der Waals surface area contributed by atoms with Gasteiger partial charge in [-0.05, 0) is 32.4 Å². The maximum atomic E-state index is 8.92. The van der Waals surface area contributed by atoms with Crippen LogP contribution >= 0.6 is 11.6 Å². The van der Waals surface area contributed by atoms with E-state index in [9.17, 15) is 0 Å². The minimum atomic E-state index is -0.699. The molecule has 7 heteroatoms. The first-order valence-corrected chi connectivity index (χ1v) is 5.17. The smallest absolute Gasteiger partial charge is 0.244 e. The summed E-state index contributed by atoms with van der Waals surface area (Å²) >= 11 is 5.67. The van der Waals surface area contributed by atoms with E-state index in [-0.39, 0.29) is 5.28 Å². The van der Waals surface area contributed by atoms with Gasteiger partial charge < -0.3 is 0 Å². The normalized spacial score (nSPS) is 10.9. The second-order valence-corrected chi connectivity index (χ2v) is 3.99. The fourth-order valence-corrected chi connectivity index (χ4v) is 1.15. The first-order chi connectivity index (χ1) is 7.48. The molecule has 1 aromatic heterocycles. The zero-order valence-electron chi connectivity index (χ0n) is 9.40. The first-order valence-electron chi connectivity index (χ1n) is 4.79. The molecule has 0 unspecified atom stereocenters. The first kappa shape index (κ1) is 12.6. The second-order valence-electron chi connectivity index (χ2n) is 3.65. The molecule has 0 saturated heterocycles. The monoisotopic (exact) mass is 240 g/mol. The van der Waals surface area contributed by atoms with Gasteiger partial charge in [0.2, 0.25) is 11.2 Å². The predicted octanol–water partition coefficient (Wildman–Crippen LogP) is 1.16. The standard InChI is InChI=1S/C9H13ClN6/c1-4-16(15-9(2,3)5-11)8-13-6-12-7(10)14-8/h6,15H,4H2,1-3H3. The molecule has 6 nitrogen and oxygen atoms in total. The van der Waals surface area contributed by atoms with Crippen LogP contribution in [0, 0.1) is 11.3 Å². The molecule has 0 saturated carbocycles. The third kappa shape index (κ3) is 3.29. The van der Waals surface area contributed by atoms with E-state index >= 15 is 0 Å². The van der Waals surface area contributed by atoms with Crippen molar-refractivity contribution in [2.45, 2.75) is 26.3 Å². The number of aromatic nitrogens is 3. The number of anilines is 1. The number of halogens is 1. The Bertz CT molecular complexity index is 399. The third-order valence-electron chi connectivity index (χ3n) is 1.78. The minimum absolute atomic E-state index is 0.125. The van der Waals surface area contributed by atoms with Crippen LogP contribution in [0.2, 0.25) is 5.28 Å². The van der Waals surface area contributed by atoms with Crippen molar-refractivity contribution in [1.82, 2.24) is 20.4 Å². The van der Waals surface area contributed by atoms with E-state index in [2.05, 4.69) is 26.4 Å². The van der Waals surface area contributed by atoms with Gasteiger partial charge in [0, 0.05) is 6.54 Å². The van der Waals surface area contributed by atoms with E-state index < -0.39 is 5.54 Å². The highest BCUT2D eigenvalue weighted by molar-refractivity contribution is 6.28. The Morgan fingerprint density at radius 2 is 2.25 bits per heavy atom. The average molecular weight is 241 g/mol.